The van der Waals surface area contributed by atoms with Gasteiger partial charge in [0.2, 0.25) is 0 Å². The van der Waals surface area contributed by atoms with Gasteiger partial charge in [0.15, 0.2) is 0 Å². The van der Waals surface area contributed by atoms with E-state index < -0.39 is 0 Å². The molecule has 4 saturated carbocycles. The summed E-state index contributed by atoms with van der Waals surface area (Å²) in [6.07, 6.45) is 10.8. The Kier molecular flexibility index (Phi) is 2.95. The van der Waals surface area contributed by atoms with Gasteiger partial charge in [0.05, 0.1) is 0 Å². The van der Waals surface area contributed by atoms with E-state index >= 15 is 0 Å². The minimum absolute atomic E-state index is 0.395. The van der Waals surface area contributed by atoms with Gasteiger partial charge in [0.25, 0.3) is 0 Å². The Labute approximate surface area is 119 Å². The molecule has 4 rings (SSSR count). The van der Waals surface area contributed by atoms with E-state index in [4.69, 9.17) is 5.73 Å². The van der Waals surface area contributed by atoms with Gasteiger partial charge in [-0.15, -0.1) is 6.58 Å². The normalized spacial score (nSPS) is 49.4. The van der Waals surface area contributed by atoms with E-state index in [2.05, 4.69) is 27.4 Å². The summed E-state index contributed by atoms with van der Waals surface area (Å²) in [7, 11) is 0. The number of hydrogen-bond acceptors (Lipinski definition) is 1. The third-order valence-corrected chi connectivity index (χ3v) is 6.34. The van der Waals surface area contributed by atoms with Crippen LogP contribution in [0.4, 0.5) is 0 Å². The van der Waals surface area contributed by atoms with E-state index in [-0.39, 0.29) is 0 Å². The van der Waals surface area contributed by atoms with Crippen LogP contribution in [0.15, 0.2) is 12.2 Å². The molecule has 2 N–H and O–H groups in total. The third-order valence-electron chi connectivity index (χ3n) is 6.34. The molecule has 4 bridgehead atoms. The van der Waals surface area contributed by atoms with Crippen molar-refractivity contribution in [2.75, 3.05) is 0 Å². The summed E-state index contributed by atoms with van der Waals surface area (Å²) in [5.41, 5.74) is 9.63. The molecule has 0 aromatic heterocycles. The molecule has 0 radical (unpaired) electrons. The highest BCUT2D eigenvalue weighted by Gasteiger charge is 2.61. The lowest BCUT2D eigenvalue weighted by Crippen LogP contribution is -2.60. The van der Waals surface area contributed by atoms with Crippen molar-refractivity contribution in [2.45, 2.75) is 78.2 Å². The van der Waals surface area contributed by atoms with Crippen LogP contribution in [0.25, 0.3) is 0 Å². The highest BCUT2D eigenvalue weighted by Crippen LogP contribution is 2.70. The first-order valence-electron chi connectivity index (χ1n) is 8.14. The number of allylic oxidation sites excluding steroid dienone is 1. The maximum atomic E-state index is 6.70. The first-order valence-corrected chi connectivity index (χ1v) is 8.14. The summed E-state index contributed by atoms with van der Waals surface area (Å²) >= 11 is 0. The van der Waals surface area contributed by atoms with Crippen LogP contribution in [0, 0.1) is 22.2 Å². The van der Waals surface area contributed by atoms with Crippen LogP contribution in [0.1, 0.15) is 72.1 Å². The number of nitrogens with two attached hydrogens (primary N) is 1. The summed E-state index contributed by atoms with van der Waals surface area (Å²) in [6.45, 7) is 11.3. The van der Waals surface area contributed by atoms with Gasteiger partial charge >= 0.3 is 0 Å². The minimum Gasteiger partial charge on any atom is -0.327 e. The van der Waals surface area contributed by atoms with E-state index in [0.717, 1.165) is 18.8 Å². The van der Waals surface area contributed by atoms with Gasteiger partial charge in [-0.3, -0.25) is 0 Å². The maximum absolute atomic E-state index is 6.70. The zero-order valence-electron chi connectivity index (χ0n) is 13.1. The molecule has 4 aliphatic carbocycles. The molecule has 0 amide bonds. The molecule has 0 aliphatic heterocycles. The van der Waals surface area contributed by atoms with E-state index in [1.807, 2.05) is 0 Å². The van der Waals surface area contributed by atoms with Crippen LogP contribution in [0.2, 0.25) is 0 Å². The monoisotopic (exact) mass is 261 g/mol. The van der Waals surface area contributed by atoms with E-state index in [9.17, 15) is 0 Å². The van der Waals surface area contributed by atoms with Crippen LogP contribution in [-0.2, 0) is 0 Å². The second-order valence-corrected chi connectivity index (χ2v) is 9.09. The third kappa shape index (κ3) is 2.28. The van der Waals surface area contributed by atoms with Gasteiger partial charge in [-0.05, 0) is 80.5 Å². The van der Waals surface area contributed by atoms with Gasteiger partial charge in [-0.25, -0.2) is 0 Å². The Morgan fingerprint density at radius 1 is 1.16 bits per heavy atom. The Morgan fingerprint density at radius 2 is 1.74 bits per heavy atom. The molecule has 4 fully saturated rings. The minimum atomic E-state index is 0.395. The lowest BCUT2D eigenvalue weighted by atomic mass is 9.39. The Bertz CT molecular complexity index is 378. The predicted octanol–water partition coefficient (Wildman–Crippen LogP) is 4.67. The Balaban J connectivity index is 1.82. The molecule has 19 heavy (non-hydrogen) atoms. The standard InChI is InChI=1S/C18H31N/c1-13(2)5-6-15(19)18-9-14-7-16(3,11-18)10-17(4,8-14)12-18/h14-15H,1,5-12,19H2,2-4H3. The molecule has 3 unspecified atom stereocenters. The fourth-order valence-electron chi connectivity index (χ4n) is 6.66. The molecule has 1 heteroatoms. The van der Waals surface area contributed by atoms with Gasteiger partial charge in [-0.2, -0.15) is 0 Å². The fraction of sp³-hybridized carbons (Fsp3) is 0.889. The summed E-state index contributed by atoms with van der Waals surface area (Å²) in [6, 6.07) is 0.395. The summed E-state index contributed by atoms with van der Waals surface area (Å²) in [5, 5.41) is 0. The van der Waals surface area contributed by atoms with E-state index in [0.29, 0.717) is 22.3 Å². The molecule has 4 aliphatic rings. The van der Waals surface area contributed by atoms with Crippen molar-refractivity contribution in [2.24, 2.45) is 27.9 Å². The van der Waals surface area contributed by atoms with E-state index in [1.54, 1.807) is 0 Å². The lowest BCUT2D eigenvalue weighted by Gasteiger charge is -2.67. The first kappa shape index (κ1) is 13.7. The molecule has 0 saturated heterocycles. The molecule has 108 valence electrons. The molecule has 0 aromatic carbocycles. The van der Waals surface area contributed by atoms with Gasteiger partial charge < -0.3 is 5.73 Å². The summed E-state index contributed by atoms with van der Waals surface area (Å²) in [4.78, 5) is 0. The predicted molar refractivity (Wildman–Crippen MR) is 81.9 cm³/mol. The number of hydrogen-bond donors (Lipinski definition) is 1. The van der Waals surface area contributed by atoms with Gasteiger partial charge in [-0.1, -0.05) is 19.4 Å². The van der Waals surface area contributed by atoms with Crippen molar-refractivity contribution in [3.05, 3.63) is 12.2 Å². The van der Waals surface area contributed by atoms with Crippen LogP contribution in [0.3, 0.4) is 0 Å². The molecule has 0 heterocycles. The van der Waals surface area contributed by atoms with Crippen LogP contribution in [-0.4, -0.2) is 6.04 Å². The van der Waals surface area contributed by atoms with Crippen molar-refractivity contribution in [1.82, 2.24) is 0 Å². The average molecular weight is 261 g/mol. The van der Waals surface area contributed by atoms with Gasteiger partial charge in [0, 0.05) is 6.04 Å². The topological polar surface area (TPSA) is 26.0 Å². The lowest BCUT2D eigenvalue weighted by molar-refractivity contribution is -0.154. The highest BCUT2D eigenvalue weighted by molar-refractivity contribution is 5.13. The van der Waals surface area contributed by atoms with Crippen LogP contribution < -0.4 is 5.73 Å². The van der Waals surface area contributed by atoms with Crippen LogP contribution >= 0.6 is 0 Å². The van der Waals surface area contributed by atoms with Crippen molar-refractivity contribution in [3.63, 3.8) is 0 Å². The summed E-state index contributed by atoms with van der Waals surface area (Å²) in [5.74, 6) is 0.960. The SMILES string of the molecule is C=C(C)CCC(N)C12CC3CC(C)(CC(C)(C3)C1)C2. The molecular weight excluding hydrogens is 230 g/mol. The molecule has 1 nitrogen and oxygen atoms in total. The second kappa shape index (κ2) is 4.10. The number of rotatable bonds is 4. The molecule has 3 atom stereocenters. The van der Waals surface area contributed by atoms with Crippen molar-refractivity contribution in [3.8, 4) is 0 Å². The van der Waals surface area contributed by atoms with E-state index in [1.165, 1.54) is 44.1 Å². The largest absolute Gasteiger partial charge is 0.327 e. The first-order chi connectivity index (χ1) is 8.74. The smallest absolute Gasteiger partial charge is 0.00991 e. The van der Waals surface area contributed by atoms with Crippen LogP contribution in [0.5, 0.6) is 0 Å². The maximum Gasteiger partial charge on any atom is 0.00991 e. The summed E-state index contributed by atoms with van der Waals surface area (Å²) < 4.78 is 0. The Hall–Kier alpha value is -0.300. The molecule has 0 spiro atoms. The van der Waals surface area contributed by atoms with Gasteiger partial charge in [0.1, 0.15) is 0 Å². The van der Waals surface area contributed by atoms with Crippen molar-refractivity contribution >= 4 is 0 Å². The second-order valence-electron chi connectivity index (χ2n) is 9.09. The average Bonchev–Trinajstić information content (AvgIpc) is 2.20. The van der Waals surface area contributed by atoms with Crippen molar-refractivity contribution < 1.29 is 0 Å². The quantitative estimate of drug-likeness (QED) is 0.731. The fourth-order valence-corrected chi connectivity index (χ4v) is 6.66. The zero-order chi connectivity index (χ0) is 13.9. The molecular formula is C18H31N. The van der Waals surface area contributed by atoms with Crippen molar-refractivity contribution in [1.29, 1.82) is 0 Å². The zero-order valence-corrected chi connectivity index (χ0v) is 13.1. The molecule has 0 aromatic rings. The highest BCUT2D eigenvalue weighted by atomic mass is 14.8. The Morgan fingerprint density at radius 3 is 2.21 bits per heavy atom.